The number of amides is 1. The quantitative estimate of drug-likeness (QED) is 0.823. The topological polar surface area (TPSA) is 48.0 Å². The fourth-order valence-electron chi connectivity index (χ4n) is 3.78. The summed E-state index contributed by atoms with van der Waals surface area (Å²) >= 11 is 0. The van der Waals surface area contributed by atoms with Crippen molar-refractivity contribution >= 4 is 5.91 Å². The van der Waals surface area contributed by atoms with Crippen molar-refractivity contribution in [2.75, 3.05) is 27.4 Å². The summed E-state index contributed by atoms with van der Waals surface area (Å²) < 4.78 is 17.1. The summed E-state index contributed by atoms with van der Waals surface area (Å²) in [5, 5.41) is 0. The fraction of sp³-hybridized carbons (Fsp3) is 0.409. The van der Waals surface area contributed by atoms with Crippen LogP contribution in [0.25, 0.3) is 11.1 Å². The maximum Gasteiger partial charge on any atom is 0.226 e. The number of ether oxygens (including phenoxy) is 3. The van der Waals surface area contributed by atoms with Crippen LogP contribution in [0.4, 0.5) is 0 Å². The number of hydrogen-bond acceptors (Lipinski definition) is 4. The van der Waals surface area contributed by atoms with Crippen LogP contribution in [0, 0.1) is 5.92 Å². The van der Waals surface area contributed by atoms with E-state index < -0.39 is 0 Å². The van der Waals surface area contributed by atoms with Gasteiger partial charge in [-0.1, -0.05) is 24.6 Å². The number of benzene rings is 2. The van der Waals surface area contributed by atoms with E-state index in [0.717, 1.165) is 47.5 Å². The number of hydrogen-bond donors (Lipinski definition) is 0. The molecule has 1 aliphatic heterocycles. The van der Waals surface area contributed by atoms with Crippen LogP contribution in [0.3, 0.4) is 0 Å². The van der Waals surface area contributed by atoms with Crippen molar-refractivity contribution in [3.05, 3.63) is 42.0 Å². The van der Waals surface area contributed by atoms with Gasteiger partial charge in [-0.2, -0.15) is 0 Å². The van der Waals surface area contributed by atoms with Crippen molar-refractivity contribution in [1.82, 2.24) is 4.90 Å². The summed E-state index contributed by atoms with van der Waals surface area (Å²) in [6.45, 7) is 1.64. The molecule has 5 nitrogen and oxygen atoms in total. The number of methoxy groups -OCH3 is 2. The van der Waals surface area contributed by atoms with Gasteiger partial charge in [-0.05, 0) is 36.6 Å². The van der Waals surface area contributed by atoms with Crippen molar-refractivity contribution in [3.63, 3.8) is 0 Å². The third kappa shape index (κ3) is 3.34. The van der Waals surface area contributed by atoms with Gasteiger partial charge in [0.05, 0.1) is 20.8 Å². The van der Waals surface area contributed by atoms with Crippen molar-refractivity contribution in [2.24, 2.45) is 5.92 Å². The predicted molar refractivity (Wildman–Crippen MR) is 103 cm³/mol. The lowest BCUT2D eigenvalue weighted by Crippen LogP contribution is -2.39. The molecule has 4 rings (SSSR count). The number of carbonyl (C=O) groups is 1. The summed E-state index contributed by atoms with van der Waals surface area (Å²) in [7, 11) is 3.31. The molecule has 0 N–H and O–H groups in total. The van der Waals surface area contributed by atoms with Crippen LogP contribution in [0.2, 0.25) is 0 Å². The molecule has 2 aromatic rings. The SMILES string of the molecule is COc1ccccc1-c1cc2c(c(OC)c1)OCCN(C(=O)C1CCC1)C2. The van der Waals surface area contributed by atoms with Crippen LogP contribution in [0.5, 0.6) is 17.2 Å². The van der Waals surface area contributed by atoms with Crippen LogP contribution in [-0.4, -0.2) is 38.2 Å². The standard InChI is InChI=1S/C22H25NO4/c1-25-19-9-4-3-8-18(19)16-12-17-14-23(22(24)15-6-5-7-15)10-11-27-21(17)20(13-16)26-2/h3-4,8-9,12-13,15H,5-7,10-11,14H2,1-2H3. The summed E-state index contributed by atoms with van der Waals surface area (Å²) in [6.07, 6.45) is 3.17. The molecule has 5 heteroatoms. The first-order valence-corrected chi connectivity index (χ1v) is 9.47. The van der Waals surface area contributed by atoms with Crippen molar-refractivity contribution in [2.45, 2.75) is 25.8 Å². The fourth-order valence-corrected chi connectivity index (χ4v) is 3.78. The van der Waals surface area contributed by atoms with E-state index >= 15 is 0 Å². The normalized spacial score (nSPS) is 16.6. The molecule has 0 saturated heterocycles. The van der Waals surface area contributed by atoms with E-state index in [1.165, 1.54) is 0 Å². The number of rotatable bonds is 4. The molecule has 27 heavy (non-hydrogen) atoms. The van der Waals surface area contributed by atoms with E-state index in [0.29, 0.717) is 25.4 Å². The monoisotopic (exact) mass is 367 g/mol. The van der Waals surface area contributed by atoms with Gasteiger partial charge in [0.15, 0.2) is 11.5 Å². The van der Waals surface area contributed by atoms with Crippen LogP contribution in [0.1, 0.15) is 24.8 Å². The van der Waals surface area contributed by atoms with Crippen LogP contribution in [0.15, 0.2) is 36.4 Å². The number of fused-ring (bicyclic) bond motifs is 1. The minimum atomic E-state index is 0.186. The molecule has 1 aliphatic carbocycles. The maximum absolute atomic E-state index is 12.8. The van der Waals surface area contributed by atoms with E-state index in [2.05, 4.69) is 6.07 Å². The van der Waals surface area contributed by atoms with Crippen molar-refractivity contribution in [1.29, 1.82) is 0 Å². The Morgan fingerprint density at radius 1 is 1.11 bits per heavy atom. The Bertz CT molecular complexity index is 844. The van der Waals surface area contributed by atoms with Gasteiger partial charge in [-0.3, -0.25) is 4.79 Å². The lowest BCUT2D eigenvalue weighted by molar-refractivity contribution is -0.138. The Kier molecular flexibility index (Phi) is 4.92. The zero-order valence-corrected chi connectivity index (χ0v) is 15.9. The van der Waals surface area contributed by atoms with E-state index in [4.69, 9.17) is 14.2 Å². The van der Waals surface area contributed by atoms with Gasteiger partial charge >= 0.3 is 0 Å². The first kappa shape index (κ1) is 17.7. The summed E-state index contributed by atoms with van der Waals surface area (Å²) in [6, 6.07) is 12.0. The molecule has 1 fully saturated rings. The third-order valence-electron chi connectivity index (χ3n) is 5.50. The van der Waals surface area contributed by atoms with Gasteiger partial charge < -0.3 is 19.1 Å². The van der Waals surface area contributed by atoms with Crippen molar-refractivity contribution < 1.29 is 19.0 Å². The highest BCUT2D eigenvalue weighted by molar-refractivity contribution is 5.80. The molecule has 1 saturated carbocycles. The van der Waals surface area contributed by atoms with Gasteiger partial charge in [-0.15, -0.1) is 0 Å². The molecule has 0 spiro atoms. The van der Waals surface area contributed by atoms with Crippen LogP contribution in [-0.2, 0) is 11.3 Å². The first-order chi connectivity index (χ1) is 13.2. The maximum atomic E-state index is 12.8. The molecular weight excluding hydrogens is 342 g/mol. The zero-order valence-electron chi connectivity index (χ0n) is 15.9. The Morgan fingerprint density at radius 2 is 1.89 bits per heavy atom. The molecule has 1 heterocycles. The Morgan fingerprint density at radius 3 is 2.59 bits per heavy atom. The number of para-hydroxylation sites is 1. The Hall–Kier alpha value is -2.69. The van der Waals surface area contributed by atoms with E-state index in [9.17, 15) is 4.79 Å². The average Bonchev–Trinajstić information content (AvgIpc) is 2.88. The van der Waals surface area contributed by atoms with Crippen LogP contribution >= 0.6 is 0 Å². The molecule has 2 aliphatic rings. The minimum absolute atomic E-state index is 0.186. The molecule has 0 radical (unpaired) electrons. The second kappa shape index (κ2) is 7.51. The summed E-state index contributed by atoms with van der Waals surface area (Å²) in [5.74, 6) is 2.66. The largest absolute Gasteiger partial charge is 0.496 e. The van der Waals surface area contributed by atoms with E-state index in [1.54, 1.807) is 14.2 Å². The molecule has 0 unspecified atom stereocenters. The lowest BCUT2D eigenvalue weighted by Gasteiger charge is -2.30. The zero-order chi connectivity index (χ0) is 18.8. The second-order valence-corrected chi connectivity index (χ2v) is 7.10. The minimum Gasteiger partial charge on any atom is -0.496 e. The first-order valence-electron chi connectivity index (χ1n) is 9.47. The average molecular weight is 367 g/mol. The molecule has 0 atom stereocenters. The van der Waals surface area contributed by atoms with Gasteiger partial charge in [0.1, 0.15) is 12.4 Å². The highest BCUT2D eigenvalue weighted by Crippen LogP contribution is 2.41. The Labute approximate surface area is 159 Å². The van der Waals surface area contributed by atoms with Gasteiger partial charge in [0.2, 0.25) is 5.91 Å². The smallest absolute Gasteiger partial charge is 0.226 e. The van der Waals surface area contributed by atoms with Gasteiger partial charge in [-0.25, -0.2) is 0 Å². The highest BCUT2D eigenvalue weighted by atomic mass is 16.5. The summed E-state index contributed by atoms with van der Waals surface area (Å²) in [4.78, 5) is 14.7. The molecular formula is C22H25NO4. The molecule has 1 amide bonds. The van der Waals surface area contributed by atoms with Crippen LogP contribution < -0.4 is 14.2 Å². The Balaban J connectivity index is 1.73. The third-order valence-corrected chi connectivity index (χ3v) is 5.50. The molecule has 0 aromatic heterocycles. The summed E-state index contributed by atoms with van der Waals surface area (Å²) in [5.41, 5.74) is 2.95. The lowest BCUT2D eigenvalue weighted by atomic mass is 9.84. The second-order valence-electron chi connectivity index (χ2n) is 7.10. The van der Waals surface area contributed by atoms with E-state index in [1.807, 2.05) is 35.2 Å². The molecule has 0 bridgehead atoms. The predicted octanol–water partition coefficient (Wildman–Crippen LogP) is 3.89. The van der Waals surface area contributed by atoms with Gasteiger partial charge in [0, 0.05) is 23.6 Å². The van der Waals surface area contributed by atoms with Crippen molar-refractivity contribution in [3.8, 4) is 28.4 Å². The number of nitrogens with zero attached hydrogens (tertiary/aromatic N) is 1. The molecule has 142 valence electrons. The van der Waals surface area contributed by atoms with Gasteiger partial charge in [0.25, 0.3) is 0 Å². The molecule has 2 aromatic carbocycles. The highest BCUT2D eigenvalue weighted by Gasteiger charge is 2.31. The van der Waals surface area contributed by atoms with E-state index in [-0.39, 0.29) is 11.8 Å². The number of carbonyl (C=O) groups excluding carboxylic acids is 1.